The fourth-order valence-corrected chi connectivity index (χ4v) is 3.90. The first kappa shape index (κ1) is 23.3. The van der Waals surface area contributed by atoms with E-state index in [0.717, 1.165) is 56.0 Å². The van der Waals surface area contributed by atoms with Gasteiger partial charge in [0.1, 0.15) is 11.4 Å². The molecule has 0 saturated carbocycles. The van der Waals surface area contributed by atoms with E-state index in [1.54, 1.807) is 10.9 Å². The first-order chi connectivity index (χ1) is 16.2. The van der Waals surface area contributed by atoms with Crippen LogP contribution in [0.2, 0.25) is 0 Å². The van der Waals surface area contributed by atoms with Crippen LogP contribution in [0.15, 0.2) is 49.4 Å². The second-order valence-corrected chi connectivity index (χ2v) is 9.04. The summed E-state index contributed by atoms with van der Waals surface area (Å²) in [4.78, 5) is 20.2. The molecule has 4 rings (SSSR count). The molecule has 3 aromatic heterocycles. The number of anilines is 1. The number of hydrogen-bond donors (Lipinski definition) is 2. The van der Waals surface area contributed by atoms with Gasteiger partial charge in [0.2, 0.25) is 5.91 Å². The number of aryl methyl sites for hydroxylation is 3. The molecule has 0 aliphatic heterocycles. The van der Waals surface area contributed by atoms with Crippen molar-refractivity contribution in [2.24, 2.45) is 13.0 Å². The number of amides is 1. The third kappa shape index (κ3) is 4.33. The van der Waals surface area contributed by atoms with Crippen molar-refractivity contribution in [3.8, 4) is 28.1 Å². The smallest absolute Gasteiger partial charge is 0.247 e. The predicted molar refractivity (Wildman–Crippen MR) is 137 cm³/mol. The number of carbonyl (C=O) groups excluding carboxylic acids is 1. The molecule has 0 aliphatic rings. The molecule has 1 atom stereocenters. The molecule has 0 saturated heterocycles. The van der Waals surface area contributed by atoms with Gasteiger partial charge in [-0.05, 0) is 50.0 Å². The number of aromatic amines is 1. The summed E-state index contributed by atoms with van der Waals surface area (Å²) in [6.07, 6.45) is 6.91. The highest BCUT2D eigenvalue weighted by atomic mass is 16.5. The van der Waals surface area contributed by atoms with E-state index >= 15 is 0 Å². The van der Waals surface area contributed by atoms with E-state index in [1.807, 2.05) is 38.5 Å². The highest BCUT2D eigenvalue weighted by Gasteiger charge is 2.22. The summed E-state index contributed by atoms with van der Waals surface area (Å²) in [6, 6.07) is 6.05. The summed E-state index contributed by atoms with van der Waals surface area (Å²) in [5.74, 6) is 0.890. The van der Waals surface area contributed by atoms with Crippen LogP contribution >= 0.6 is 0 Å². The molecule has 7 heteroatoms. The number of pyridine rings is 1. The van der Waals surface area contributed by atoms with Gasteiger partial charge in [-0.25, -0.2) is 4.98 Å². The molecular weight excluding hydrogens is 426 g/mol. The highest BCUT2D eigenvalue weighted by molar-refractivity contribution is 6.06. The number of ether oxygens (including phenoxy) is 1. The van der Waals surface area contributed by atoms with Crippen LogP contribution in [-0.4, -0.2) is 31.8 Å². The summed E-state index contributed by atoms with van der Waals surface area (Å²) >= 11 is 0. The SMILES string of the molecule is C=CC(=O)Nc1cc(-c2c(-c3cnn(C)c3)[nH]c3ncc(O[C@@H](C)C(C)C)c(C)c23)ccc1C. The summed E-state index contributed by atoms with van der Waals surface area (Å²) in [6.45, 7) is 13.9. The molecule has 2 N–H and O–H groups in total. The topological polar surface area (TPSA) is 84.8 Å². The molecule has 34 heavy (non-hydrogen) atoms. The summed E-state index contributed by atoms with van der Waals surface area (Å²) in [5.41, 5.74) is 7.29. The van der Waals surface area contributed by atoms with E-state index in [1.165, 1.54) is 6.08 Å². The van der Waals surface area contributed by atoms with Gasteiger partial charge >= 0.3 is 0 Å². The lowest BCUT2D eigenvalue weighted by molar-refractivity contribution is -0.111. The van der Waals surface area contributed by atoms with E-state index in [0.29, 0.717) is 5.92 Å². The molecule has 0 unspecified atom stereocenters. The Hall–Kier alpha value is -3.87. The number of H-pyrrole nitrogens is 1. The molecule has 0 bridgehead atoms. The molecule has 4 aromatic rings. The van der Waals surface area contributed by atoms with Crippen molar-refractivity contribution in [1.29, 1.82) is 0 Å². The number of aromatic nitrogens is 4. The molecule has 7 nitrogen and oxygen atoms in total. The minimum Gasteiger partial charge on any atom is -0.489 e. The number of carbonyl (C=O) groups is 1. The zero-order valence-electron chi connectivity index (χ0n) is 20.6. The Balaban J connectivity index is 1.97. The van der Waals surface area contributed by atoms with Gasteiger partial charge in [0.15, 0.2) is 0 Å². The lowest BCUT2D eigenvalue weighted by Crippen LogP contribution is -2.19. The van der Waals surface area contributed by atoms with Crippen LogP contribution in [0.1, 0.15) is 31.9 Å². The molecule has 1 aromatic carbocycles. The summed E-state index contributed by atoms with van der Waals surface area (Å²) in [5, 5.41) is 8.26. The lowest BCUT2D eigenvalue weighted by atomic mass is 9.96. The standard InChI is InChI=1S/C27H31N5O2/c1-8-23(33)30-21-11-19(10-9-16(21)4)25-24-17(5)22(34-18(6)15(2)3)13-28-27(24)31-26(25)20-12-29-32(7)14-20/h8-15,18H,1H2,2-7H3,(H,28,31)(H,30,33)/t18-/m0/s1. The van der Waals surface area contributed by atoms with Gasteiger partial charge in [-0.1, -0.05) is 32.6 Å². The first-order valence-corrected chi connectivity index (χ1v) is 11.4. The number of nitrogens with zero attached hydrogens (tertiary/aromatic N) is 3. The van der Waals surface area contributed by atoms with E-state index in [2.05, 4.69) is 55.7 Å². The third-order valence-corrected chi connectivity index (χ3v) is 6.25. The summed E-state index contributed by atoms with van der Waals surface area (Å²) < 4.78 is 8.05. The van der Waals surface area contributed by atoms with Crippen molar-refractivity contribution in [1.82, 2.24) is 19.7 Å². The molecule has 0 spiro atoms. The maximum atomic E-state index is 12.0. The van der Waals surface area contributed by atoms with Gasteiger partial charge in [0.25, 0.3) is 0 Å². The largest absolute Gasteiger partial charge is 0.489 e. The van der Waals surface area contributed by atoms with Crippen LogP contribution in [0.3, 0.4) is 0 Å². The summed E-state index contributed by atoms with van der Waals surface area (Å²) in [7, 11) is 1.89. The Morgan fingerprint density at radius 3 is 2.62 bits per heavy atom. The average molecular weight is 458 g/mol. The quantitative estimate of drug-likeness (QED) is 0.344. The predicted octanol–water partition coefficient (Wildman–Crippen LogP) is 5.80. The Bertz CT molecular complexity index is 1380. The first-order valence-electron chi connectivity index (χ1n) is 11.4. The van der Waals surface area contributed by atoms with Gasteiger partial charge in [0.05, 0.1) is 24.2 Å². The highest BCUT2D eigenvalue weighted by Crippen LogP contribution is 2.42. The molecule has 3 heterocycles. The maximum absolute atomic E-state index is 12.0. The average Bonchev–Trinajstić information content (AvgIpc) is 3.40. The van der Waals surface area contributed by atoms with Crippen molar-refractivity contribution in [3.05, 3.63) is 60.6 Å². The zero-order chi connectivity index (χ0) is 24.6. The Labute approximate surface area is 199 Å². The molecule has 0 aliphatic carbocycles. The van der Waals surface area contributed by atoms with E-state index in [-0.39, 0.29) is 12.0 Å². The molecule has 1 amide bonds. The van der Waals surface area contributed by atoms with Gasteiger partial charge in [-0.3, -0.25) is 9.48 Å². The lowest BCUT2D eigenvalue weighted by Gasteiger charge is -2.19. The van der Waals surface area contributed by atoms with E-state index in [9.17, 15) is 4.79 Å². The Kier molecular flexibility index (Phi) is 6.28. The maximum Gasteiger partial charge on any atom is 0.247 e. The Morgan fingerprint density at radius 1 is 1.21 bits per heavy atom. The molecule has 176 valence electrons. The van der Waals surface area contributed by atoms with Gasteiger partial charge in [-0.2, -0.15) is 5.10 Å². The molecular formula is C27H31N5O2. The number of benzene rings is 1. The second kappa shape index (κ2) is 9.17. The van der Waals surface area contributed by atoms with Crippen LogP contribution in [0.5, 0.6) is 5.75 Å². The van der Waals surface area contributed by atoms with Crippen LogP contribution in [0.4, 0.5) is 5.69 Å². The second-order valence-electron chi connectivity index (χ2n) is 9.04. The van der Waals surface area contributed by atoms with Crippen molar-refractivity contribution >= 4 is 22.6 Å². The van der Waals surface area contributed by atoms with Crippen molar-refractivity contribution in [2.75, 3.05) is 5.32 Å². The van der Waals surface area contributed by atoms with Gasteiger partial charge < -0.3 is 15.0 Å². The zero-order valence-corrected chi connectivity index (χ0v) is 20.6. The van der Waals surface area contributed by atoms with E-state index < -0.39 is 0 Å². The van der Waals surface area contributed by atoms with E-state index in [4.69, 9.17) is 9.72 Å². The van der Waals surface area contributed by atoms with Crippen LogP contribution in [0.25, 0.3) is 33.4 Å². The number of fused-ring (bicyclic) bond motifs is 1. The van der Waals surface area contributed by atoms with Crippen LogP contribution < -0.4 is 10.1 Å². The number of hydrogen-bond acceptors (Lipinski definition) is 4. The van der Waals surface area contributed by atoms with Gasteiger partial charge in [0, 0.05) is 41.0 Å². The fraction of sp³-hybridized carbons (Fsp3) is 0.296. The van der Waals surface area contributed by atoms with Crippen LogP contribution in [-0.2, 0) is 11.8 Å². The third-order valence-electron chi connectivity index (χ3n) is 6.25. The number of nitrogens with one attached hydrogen (secondary N) is 2. The molecule has 0 radical (unpaired) electrons. The normalized spacial score (nSPS) is 12.2. The monoisotopic (exact) mass is 457 g/mol. The molecule has 0 fully saturated rings. The van der Waals surface area contributed by atoms with Crippen molar-refractivity contribution < 1.29 is 9.53 Å². The number of rotatable bonds is 7. The van der Waals surface area contributed by atoms with Crippen molar-refractivity contribution in [3.63, 3.8) is 0 Å². The Morgan fingerprint density at radius 2 is 1.97 bits per heavy atom. The van der Waals surface area contributed by atoms with Crippen LogP contribution in [0, 0.1) is 19.8 Å². The minimum atomic E-state index is -0.247. The minimum absolute atomic E-state index is 0.0539. The fourth-order valence-electron chi connectivity index (χ4n) is 3.90. The van der Waals surface area contributed by atoms with Gasteiger partial charge in [-0.15, -0.1) is 0 Å². The van der Waals surface area contributed by atoms with Crippen molar-refractivity contribution in [2.45, 2.75) is 40.7 Å².